The van der Waals surface area contributed by atoms with Crippen LogP contribution in [-0.2, 0) is 11.3 Å². The fraction of sp³-hybridized carbons (Fsp3) is 0.524. The van der Waals surface area contributed by atoms with Gasteiger partial charge in [0.05, 0.1) is 12.6 Å². The molecule has 2 fully saturated rings. The van der Waals surface area contributed by atoms with Crippen LogP contribution in [0.2, 0.25) is 5.15 Å². The van der Waals surface area contributed by atoms with Gasteiger partial charge in [0, 0.05) is 29.5 Å². The molecule has 0 saturated heterocycles. The molecule has 0 bridgehead atoms. The van der Waals surface area contributed by atoms with Crippen molar-refractivity contribution in [3.63, 3.8) is 0 Å². The van der Waals surface area contributed by atoms with E-state index in [1.807, 2.05) is 18.2 Å². The molecule has 2 aliphatic carbocycles. The van der Waals surface area contributed by atoms with E-state index in [2.05, 4.69) is 16.0 Å². The minimum atomic E-state index is 0.226. The van der Waals surface area contributed by atoms with E-state index in [4.69, 9.17) is 16.3 Å². The Balaban J connectivity index is 1.65. The Hall–Kier alpha value is -1.81. The van der Waals surface area contributed by atoms with Gasteiger partial charge in [0.25, 0.3) is 0 Å². The zero-order chi connectivity index (χ0) is 18.1. The number of aromatic nitrogens is 1. The molecular weight excluding hydrogens is 348 g/mol. The summed E-state index contributed by atoms with van der Waals surface area (Å²) in [4.78, 5) is 19.6. The largest absolute Gasteiger partial charge is 0.497 e. The number of carbonyl (C=O) groups excluding carboxylic acids is 1. The lowest BCUT2D eigenvalue weighted by Gasteiger charge is -2.35. The monoisotopic (exact) mass is 372 g/mol. The fourth-order valence-corrected chi connectivity index (χ4v) is 4.15. The van der Waals surface area contributed by atoms with Crippen LogP contribution in [-0.4, -0.2) is 28.9 Å². The molecule has 4 rings (SSSR count). The van der Waals surface area contributed by atoms with Gasteiger partial charge in [-0.05, 0) is 49.9 Å². The summed E-state index contributed by atoms with van der Waals surface area (Å²) in [5.41, 5.74) is 1.77. The molecule has 2 aromatic rings. The molecule has 2 saturated carbocycles. The fourth-order valence-electron chi connectivity index (χ4n) is 3.94. The summed E-state index contributed by atoms with van der Waals surface area (Å²) in [6.45, 7) is 0.555. The molecule has 0 atom stereocenters. The molecule has 138 valence electrons. The lowest BCUT2D eigenvalue weighted by Crippen LogP contribution is -2.41. The summed E-state index contributed by atoms with van der Waals surface area (Å²) < 4.78 is 5.32. The number of methoxy groups -OCH3 is 1. The highest BCUT2D eigenvalue weighted by Crippen LogP contribution is 2.35. The molecule has 1 heterocycles. The predicted molar refractivity (Wildman–Crippen MR) is 103 cm³/mol. The number of carbonyl (C=O) groups is 1. The molecule has 0 radical (unpaired) electrons. The number of halogens is 1. The van der Waals surface area contributed by atoms with Gasteiger partial charge in [-0.3, -0.25) is 4.79 Å². The van der Waals surface area contributed by atoms with Crippen LogP contribution in [0.1, 0.15) is 50.5 Å². The molecule has 4 nitrogen and oxygen atoms in total. The van der Waals surface area contributed by atoms with E-state index in [0.29, 0.717) is 23.6 Å². The van der Waals surface area contributed by atoms with Gasteiger partial charge < -0.3 is 9.64 Å². The third-order valence-electron chi connectivity index (χ3n) is 5.61. The zero-order valence-electron chi connectivity index (χ0n) is 15.2. The summed E-state index contributed by atoms with van der Waals surface area (Å²) in [5.74, 6) is 1.33. The van der Waals surface area contributed by atoms with Gasteiger partial charge in [0.15, 0.2) is 0 Å². The van der Waals surface area contributed by atoms with Crippen LogP contribution in [0.25, 0.3) is 10.9 Å². The Bertz CT molecular complexity index is 813. The Kier molecular flexibility index (Phi) is 5.03. The summed E-state index contributed by atoms with van der Waals surface area (Å²) in [6, 6.07) is 8.17. The van der Waals surface area contributed by atoms with Crippen LogP contribution in [0, 0.1) is 5.92 Å². The molecule has 0 aliphatic heterocycles. The van der Waals surface area contributed by atoms with Crippen LogP contribution in [0.4, 0.5) is 0 Å². The van der Waals surface area contributed by atoms with Crippen LogP contribution < -0.4 is 4.74 Å². The zero-order valence-corrected chi connectivity index (χ0v) is 16.0. The van der Waals surface area contributed by atoms with Crippen LogP contribution in [0.15, 0.2) is 24.3 Å². The van der Waals surface area contributed by atoms with Crippen molar-refractivity contribution in [2.24, 2.45) is 5.92 Å². The molecule has 5 heteroatoms. The predicted octanol–water partition coefficient (Wildman–Crippen LogP) is 4.97. The number of benzene rings is 1. The second-order valence-corrected chi connectivity index (χ2v) is 7.89. The number of fused-ring (bicyclic) bond motifs is 1. The van der Waals surface area contributed by atoms with Gasteiger partial charge in [-0.25, -0.2) is 4.98 Å². The Morgan fingerprint density at radius 2 is 1.96 bits per heavy atom. The third kappa shape index (κ3) is 3.66. The highest BCUT2D eigenvalue weighted by molar-refractivity contribution is 6.30. The molecule has 1 amide bonds. The summed E-state index contributed by atoms with van der Waals surface area (Å²) in [6.07, 6.45) is 7.96. The van der Waals surface area contributed by atoms with Crippen LogP contribution in [0.3, 0.4) is 0 Å². The number of pyridine rings is 1. The van der Waals surface area contributed by atoms with Gasteiger partial charge >= 0.3 is 0 Å². The number of amides is 1. The standard InChI is InChI=1S/C21H25ClN2O2/c1-26-18-9-10-19-15(12-18)11-16(20(22)23-19)13-24(21(25)14-7-8-14)17-5-3-2-4-6-17/h9-12,14,17H,2-8,13H2,1H3. The number of nitrogens with zero attached hydrogens (tertiary/aromatic N) is 2. The summed E-state index contributed by atoms with van der Waals surface area (Å²) in [7, 11) is 1.66. The highest BCUT2D eigenvalue weighted by atomic mass is 35.5. The normalized spacial score (nSPS) is 18.1. The second kappa shape index (κ2) is 7.43. The minimum absolute atomic E-state index is 0.226. The van der Waals surface area contributed by atoms with Crippen molar-refractivity contribution in [2.45, 2.75) is 57.5 Å². The molecule has 0 unspecified atom stereocenters. The molecule has 1 aromatic carbocycles. The molecule has 0 N–H and O–H groups in total. The van der Waals surface area contributed by atoms with Gasteiger partial charge in [0.1, 0.15) is 10.9 Å². The van der Waals surface area contributed by atoms with E-state index < -0.39 is 0 Å². The van der Waals surface area contributed by atoms with Crippen molar-refractivity contribution >= 4 is 28.4 Å². The third-order valence-corrected chi connectivity index (χ3v) is 5.94. The van der Waals surface area contributed by atoms with Crippen LogP contribution >= 0.6 is 11.6 Å². The van der Waals surface area contributed by atoms with Gasteiger partial charge in [-0.15, -0.1) is 0 Å². The van der Waals surface area contributed by atoms with Crippen molar-refractivity contribution in [2.75, 3.05) is 7.11 Å². The van der Waals surface area contributed by atoms with Crippen molar-refractivity contribution in [3.8, 4) is 5.75 Å². The van der Waals surface area contributed by atoms with E-state index >= 15 is 0 Å². The summed E-state index contributed by atoms with van der Waals surface area (Å²) in [5, 5.41) is 1.48. The second-order valence-electron chi connectivity index (χ2n) is 7.53. The SMILES string of the molecule is COc1ccc2nc(Cl)c(CN(C(=O)C3CC3)C3CCCCC3)cc2c1. The van der Waals surface area contributed by atoms with Crippen molar-refractivity contribution in [1.29, 1.82) is 0 Å². The van der Waals surface area contributed by atoms with Crippen molar-refractivity contribution in [3.05, 3.63) is 35.0 Å². The van der Waals surface area contributed by atoms with E-state index in [-0.39, 0.29) is 5.92 Å². The van der Waals surface area contributed by atoms with E-state index in [0.717, 1.165) is 47.9 Å². The maximum absolute atomic E-state index is 12.9. The number of ether oxygens (including phenoxy) is 1. The molecule has 0 spiro atoms. The summed E-state index contributed by atoms with van der Waals surface area (Å²) >= 11 is 6.48. The quantitative estimate of drug-likeness (QED) is 0.696. The van der Waals surface area contributed by atoms with Gasteiger partial charge in [0.2, 0.25) is 5.91 Å². The first-order valence-electron chi connectivity index (χ1n) is 9.59. The van der Waals surface area contributed by atoms with Crippen LogP contribution in [0.5, 0.6) is 5.75 Å². The first-order chi connectivity index (χ1) is 12.7. The molecule has 2 aliphatic rings. The van der Waals surface area contributed by atoms with E-state index in [9.17, 15) is 4.79 Å². The van der Waals surface area contributed by atoms with Gasteiger partial charge in [-0.1, -0.05) is 30.9 Å². The maximum Gasteiger partial charge on any atom is 0.226 e. The van der Waals surface area contributed by atoms with Crippen molar-refractivity contribution < 1.29 is 9.53 Å². The average molecular weight is 373 g/mol. The highest BCUT2D eigenvalue weighted by Gasteiger charge is 2.36. The molecule has 1 aromatic heterocycles. The first-order valence-corrected chi connectivity index (χ1v) is 9.97. The van der Waals surface area contributed by atoms with E-state index in [1.54, 1.807) is 7.11 Å². The molecular formula is C21H25ClN2O2. The Labute approximate surface area is 159 Å². The topological polar surface area (TPSA) is 42.4 Å². The average Bonchev–Trinajstić information content (AvgIpc) is 3.51. The maximum atomic E-state index is 12.9. The Morgan fingerprint density at radius 3 is 2.65 bits per heavy atom. The minimum Gasteiger partial charge on any atom is -0.497 e. The molecule has 26 heavy (non-hydrogen) atoms. The Morgan fingerprint density at radius 1 is 1.19 bits per heavy atom. The lowest BCUT2D eigenvalue weighted by molar-refractivity contribution is -0.136. The first kappa shape index (κ1) is 17.6. The van der Waals surface area contributed by atoms with E-state index in [1.165, 1.54) is 19.3 Å². The van der Waals surface area contributed by atoms with Crippen molar-refractivity contribution in [1.82, 2.24) is 9.88 Å². The number of hydrogen-bond donors (Lipinski definition) is 0. The number of hydrogen-bond acceptors (Lipinski definition) is 3. The van der Waals surface area contributed by atoms with Gasteiger partial charge in [-0.2, -0.15) is 0 Å². The smallest absolute Gasteiger partial charge is 0.226 e. The lowest BCUT2D eigenvalue weighted by atomic mass is 9.93. The number of rotatable bonds is 5.